The molecule has 4 rings (SSSR count). The van der Waals surface area contributed by atoms with Crippen LogP contribution in [0.4, 0.5) is 0 Å². The summed E-state index contributed by atoms with van der Waals surface area (Å²) in [5.74, 6) is 2.84. The number of nitrogens with one attached hydrogen (secondary N) is 1. The van der Waals surface area contributed by atoms with E-state index in [0.717, 1.165) is 49.6 Å². The number of hydrogen-bond donors (Lipinski definition) is 1. The molecule has 2 heterocycles. The first-order valence-corrected chi connectivity index (χ1v) is 9.14. The van der Waals surface area contributed by atoms with Crippen molar-refractivity contribution in [2.24, 2.45) is 0 Å². The summed E-state index contributed by atoms with van der Waals surface area (Å²) in [4.78, 5) is 4.72. The average Bonchev–Trinajstić information content (AvgIpc) is 3.05. The van der Waals surface area contributed by atoms with Gasteiger partial charge in [-0.1, -0.05) is 12.1 Å². The lowest BCUT2D eigenvalue weighted by atomic mass is 9.86. The summed E-state index contributed by atoms with van der Waals surface area (Å²) in [7, 11) is 3.44. The zero-order chi connectivity index (χ0) is 17.2. The number of nitrogens with zero attached hydrogens (tertiary/aromatic N) is 3. The molecule has 2 aliphatic rings. The van der Waals surface area contributed by atoms with Crippen molar-refractivity contribution in [1.29, 1.82) is 0 Å². The third kappa shape index (κ3) is 3.16. The van der Waals surface area contributed by atoms with Crippen molar-refractivity contribution in [2.75, 3.05) is 14.2 Å². The molecule has 0 spiro atoms. The predicted octanol–water partition coefficient (Wildman–Crippen LogP) is 2.94. The minimum Gasteiger partial charge on any atom is -0.496 e. The summed E-state index contributed by atoms with van der Waals surface area (Å²) in [6.07, 6.45) is 5.64. The lowest BCUT2D eigenvalue weighted by Gasteiger charge is -2.32. The van der Waals surface area contributed by atoms with Crippen LogP contribution in [-0.2, 0) is 24.3 Å². The highest BCUT2D eigenvalue weighted by molar-refractivity contribution is 5.43. The first kappa shape index (κ1) is 16.5. The number of fused-ring (bicyclic) bond motifs is 2. The fourth-order valence-corrected chi connectivity index (χ4v) is 4.17. The molecule has 25 heavy (non-hydrogen) atoms. The molecule has 0 fully saturated rings. The molecule has 1 N–H and O–H groups in total. The van der Waals surface area contributed by atoms with Gasteiger partial charge in [0.2, 0.25) is 0 Å². The number of benzene rings is 1. The number of aromatic nitrogens is 3. The molecule has 1 aromatic heterocycles. The molecule has 6 heteroatoms. The highest BCUT2D eigenvalue weighted by Gasteiger charge is 2.29. The van der Waals surface area contributed by atoms with E-state index in [4.69, 9.17) is 14.5 Å². The van der Waals surface area contributed by atoms with E-state index in [9.17, 15) is 0 Å². The maximum absolute atomic E-state index is 5.57. The van der Waals surface area contributed by atoms with Gasteiger partial charge in [-0.05, 0) is 49.3 Å². The van der Waals surface area contributed by atoms with E-state index in [-0.39, 0.29) is 6.04 Å². The Hall–Kier alpha value is -1.92. The van der Waals surface area contributed by atoms with Crippen molar-refractivity contribution in [3.05, 3.63) is 41.0 Å². The van der Waals surface area contributed by atoms with Crippen molar-refractivity contribution in [3.63, 3.8) is 0 Å². The second-order valence-electron chi connectivity index (χ2n) is 6.88. The SMILES string of the molecule is COCc1nc2n(n1)CCC[C@@H]2N[C@H]1CCCc2c(OC)cccc21. The Kier molecular flexibility index (Phi) is 4.72. The largest absolute Gasteiger partial charge is 0.496 e. The minimum atomic E-state index is 0.244. The van der Waals surface area contributed by atoms with E-state index in [1.807, 2.05) is 4.68 Å². The molecular formula is C19H26N4O2. The molecule has 2 aromatic rings. The number of methoxy groups -OCH3 is 2. The summed E-state index contributed by atoms with van der Waals surface area (Å²) in [5, 5.41) is 8.43. The monoisotopic (exact) mass is 342 g/mol. The van der Waals surface area contributed by atoms with Gasteiger partial charge in [-0.2, -0.15) is 5.10 Å². The third-order valence-corrected chi connectivity index (χ3v) is 5.28. The van der Waals surface area contributed by atoms with Gasteiger partial charge in [-0.15, -0.1) is 0 Å². The predicted molar refractivity (Wildman–Crippen MR) is 94.5 cm³/mol. The van der Waals surface area contributed by atoms with Crippen LogP contribution in [0.25, 0.3) is 0 Å². The van der Waals surface area contributed by atoms with Gasteiger partial charge in [-0.3, -0.25) is 0 Å². The number of hydrogen-bond acceptors (Lipinski definition) is 5. The van der Waals surface area contributed by atoms with Crippen LogP contribution >= 0.6 is 0 Å². The topological polar surface area (TPSA) is 61.2 Å². The first-order chi connectivity index (χ1) is 12.3. The Morgan fingerprint density at radius 1 is 1.20 bits per heavy atom. The third-order valence-electron chi connectivity index (χ3n) is 5.28. The van der Waals surface area contributed by atoms with Gasteiger partial charge in [0.25, 0.3) is 0 Å². The van der Waals surface area contributed by atoms with Crippen LogP contribution in [0.5, 0.6) is 5.75 Å². The van der Waals surface area contributed by atoms with E-state index in [2.05, 4.69) is 28.6 Å². The molecule has 0 amide bonds. The lowest BCUT2D eigenvalue weighted by molar-refractivity contribution is 0.177. The summed E-state index contributed by atoms with van der Waals surface area (Å²) >= 11 is 0. The van der Waals surface area contributed by atoms with Crippen molar-refractivity contribution in [1.82, 2.24) is 20.1 Å². The zero-order valence-electron chi connectivity index (χ0n) is 15.0. The molecule has 0 saturated carbocycles. The van der Waals surface area contributed by atoms with E-state index in [1.54, 1.807) is 14.2 Å². The van der Waals surface area contributed by atoms with Crippen LogP contribution in [0.1, 0.15) is 60.5 Å². The van der Waals surface area contributed by atoms with Gasteiger partial charge in [0.15, 0.2) is 5.82 Å². The van der Waals surface area contributed by atoms with Crippen LogP contribution in [0.3, 0.4) is 0 Å². The maximum Gasteiger partial charge on any atom is 0.176 e. The highest BCUT2D eigenvalue weighted by atomic mass is 16.5. The Bertz CT molecular complexity index is 743. The van der Waals surface area contributed by atoms with E-state index >= 15 is 0 Å². The van der Waals surface area contributed by atoms with Gasteiger partial charge < -0.3 is 14.8 Å². The lowest BCUT2D eigenvalue weighted by Crippen LogP contribution is -2.33. The molecule has 134 valence electrons. The standard InChI is InChI=1S/C19H26N4O2/c1-24-12-18-21-19-16(9-5-11-23(19)22-18)20-15-8-3-7-14-13(15)6-4-10-17(14)25-2/h4,6,10,15-16,20H,3,5,7-9,11-12H2,1-2H3/t15-,16-/m0/s1. The van der Waals surface area contributed by atoms with Crippen LogP contribution in [0.2, 0.25) is 0 Å². The fourth-order valence-electron chi connectivity index (χ4n) is 4.17. The fraction of sp³-hybridized carbons (Fsp3) is 0.579. The minimum absolute atomic E-state index is 0.244. The van der Waals surface area contributed by atoms with Crippen LogP contribution in [0.15, 0.2) is 18.2 Å². The first-order valence-electron chi connectivity index (χ1n) is 9.14. The van der Waals surface area contributed by atoms with Crippen molar-refractivity contribution in [3.8, 4) is 5.75 Å². The Labute approximate surface area is 148 Å². The Balaban J connectivity index is 1.59. The van der Waals surface area contributed by atoms with Gasteiger partial charge in [-0.25, -0.2) is 9.67 Å². The highest BCUT2D eigenvalue weighted by Crippen LogP contribution is 2.37. The smallest absolute Gasteiger partial charge is 0.176 e. The number of rotatable bonds is 5. The van der Waals surface area contributed by atoms with Crippen LogP contribution < -0.4 is 10.1 Å². The number of aryl methyl sites for hydroxylation is 1. The Morgan fingerprint density at radius 3 is 2.92 bits per heavy atom. The molecule has 1 aliphatic heterocycles. The second-order valence-corrected chi connectivity index (χ2v) is 6.88. The van der Waals surface area contributed by atoms with E-state index in [1.165, 1.54) is 17.5 Å². The normalized spacial score (nSPS) is 22.3. The molecule has 2 atom stereocenters. The number of ether oxygens (including phenoxy) is 2. The van der Waals surface area contributed by atoms with E-state index in [0.29, 0.717) is 12.6 Å². The quantitative estimate of drug-likeness (QED) is 0.905. The average molecular weight is 342 g/mol. The molecule has 0 unspecified atom stereocenters. The van der Waals surface area contributed by atoms with Crippen LogP contribution in [-0.4, -0.2) is 29.0 Å². The molecule has 0 bridgehead atoms. The summed E-state index contributed by atoms with van der Waals surface area (Å²) in [6, 6.07) is 6.98. The van der Waals surface area contributed by atoms with E-state index < -0.39 is 0 Å². The molecule has 1 aliphatic carbocycles. The van der Waals surface area contributed by atoms with Gasteiger partial charge in [0, 0.05) is 19.7 Å². The zero-order valence-corrected chi connectivity index (χ0v) is 15.0. The molecule has 6 nitrogen and oxygen atoms in total. The molecule has 0 saturated heterocycles. The Morgan fingerprint density at radius 2 is 2.08 bits per heavy atom. The van der Waals surface area contributed by atoms with Crippen molar-refractivity contribution >= 4 is 0 Å². The van der Waals surface area contributed by atoms with Crippen LogP contribution in [0, 0.1) is 0 Å². The summed E-state index contributed by atoms with van der Waals surface area (Å²) < 4.78 is 12.8. The molecular weight excluding hydrogens is 316 g/mol. The maximum atomic E-state index is 5.57. The van der Waals surface area contributed by atoms with Gasteiger partial charge >= 0.3 is 0 Å². The molecule has 1 aromatic carbocycles. The second kappa shape index (κ2) is 7.14. The van der Waals surface area contributed by atoms with Gasteiger partial charge in [0.05, 0.1) is 13.2 Å². The summed E-state index contributed by atoms with van der Waals surface area (Å²) in [6.45, 7) is 1.41. The van der Waals surface area contributed by atoms with Crippen molar-refractivity contribution in [2.45, 2.75) is 57.3 Å². The molecule has 0 radical (unpaired) electrons. The van der Waals surface area contributed by atoms with Gasteiger partial charge in [0.1, 0.15) is 18.2 Å². The van der Waals surface area contributed by atoms with Crippen molar-refractivity contribution < 1.29 is 9.47 Å². The summed E-state index contributed by atoms with van der Waals surface area (Å²) in [5.41, 5.74) is 2.73.